The number of ether oxygens (including phenoxy) is 2. The molecule has 1 aliphatic carbocycles. The number of para-hydroxylation sites is 1. The van der Waals surface area contributed by atoms with Gasteiger partial charge in [0.15, 0.2) is 10.9 Å². The van der Waals surface area contributed by atoms with Gasteiger partial charge in [-0.1, -0.05) is 35.1 Å². The van der Waals surface area contributed by atoms with Crippen LogP contribution < -0.4 is 37.4 Å². The van der Waals surface area contributed by atoms with E-state index in [4.69, 9.17) is 26.8 Å². The molecule has 6 aromatic rings. The van der Waals surface area contributed by atoms with E-state index < -0.39 is 23.6 Å². The second kappa shape index (κ2) is 20.1. The van der Waals surface area contributed by atoms with E-state index >= 15 is 4.39 Å². The summed E-state index contributed by atoms with van der Waals surface area (Å²) in [6.07, 6.45) is 9.33. The number of thiazole rings is 1. The number of nitrogens with one attached hydrogen (secondary N) is 4. The van der Waals surface area contributed by atoms with Gasteiger partial charge in [-0.3, -0.25) is 38.6 Å². The molecule has 386 valence electrons. The van der Waals surface area contributed by atoms with Gasteiger partial charge >= 0.3 is 11.7 Å². The Kier molecular flexibility index (Phi) is 13.6. The zero-order valence-corrected chi connectivity index (χ0v) is 42.4. The number of carbonyl (C=O) groups is 3. The Balaban J connectivity index is 0.000000160. The fourth-order valence-electron chi connectivity index (χ4n) is 12.1. The lowest BCUT2D eigenvalue weighted by atomic mass is 9.66. The molecule has 5 aliphatic heterocycles. The lowest BCUT2D eigenvalue weighted by Gasteiger charge is -2.55. The smallest absolute Gasteiger partial charge is 0.329 e. The van der Waals surface area contributed by atoms with Crippen molar-refractivity contribution in [2.75, 3.05) is 70.6 Å². The van der Waals surface area contributed by atoms with Crippen molar-refractivity contribution in [3.8, 4) is 17.1 Å². The van der Waals surface area contributed by atoms with E-state index in [-0.39, 0.29) is 78.9 Å². The number of nitrogen functional groups attached to an aromatic ring is 1. The lowest BCUT2D eigenvalue weighted by Crippen LogP contribution is -2.67. The number of halogens is 3. The van der Waals surface area contributed by atoms with E-state index in [0.717, 1.165) is 92.6 Å². The van der Waals surface area contributed by atoms with Crippen LogP contribution in [0.25, 0.3) is 43.3 Å². The van der Waals surface area contributed by atoms with E-state index in [9.17, 15) is 23.6 Å². The van der Waals surface area contributed by atoms with E-state index in [2.05, 4.69) is 46.0 Å². The Morgan fingerprint density at radius 3 is 2.59 bits per heavy atom. The summed E-state index contributed by atoms with van der Waals surface area (Å²) in [6, 6.07) is 10.5. The number of methoxy groups -OCH3 is 1. The van der Waals surface area contributed by atoms with Gasteiger partial charge < -0.3 is 31.2 Å². The summed E-state index contributed by atoms with van der Waals surface area (Å²) in [4.78, 5) is 67.8. The van der Waals surface area contributed by atoms with Crippen molar-refractivity contribution in [2.24, 2.45) is 7.05 Å². The predicted molar refractivity (Wildman–Crippen MR) is 275 cm³/mol. The number of hydrogen-bond acceptors (Lipinski definition) is 15. The van der Waals surface area contributed by atoms with E-state index in [1.54, 1.807) is 22.2 Å². The van der Waals surface area contributed by atoms with Crippen molar-refractivity contribution < 1.29 is 32.6 Å². The Morgan fingerprint density at radius 2 is 1.85 bits per heavy atom. The zero-order chi connectivity index (χ0) is 50.7. The number of aryl methyl sites for hydroxylation is 1. The van der Waals surface area contributed by atoms with Gasteiger partial charge in [-0.15, -0.1) is 0 Å². The zero-order valence-electron chi connectivity index (χ0n) is 40.8. The third-order valence-electron chi connectivity index (χ3n) is 15.9. The highest BCUT2D eigenvalue weighted by Crippen LogP contribution is 2.45. The number of hydrogen-bond donors (Lipinski definition) is 5. The molecule has 12 rings (SSSR count). The maximum Gasteiger partial charge on any atom is 0.329 e. The lowest BCUT2D eigenvalue weighted by molar-refractivity contribution is -0.135. The third-order valence-corrected chi connectivity index (χ3v) is 17.0. The molecule has 5 saturated heterocycles. The number of piperidine rings is 2. The molecular formula is C51H59ClF2N12O6S. The van der Waals surface area contributed by atoms with Gasteiger partial charge in [0.05, 0.1) is 52.6 Å². The molecule has 3 aromatic heterocycles. The van der Waals surface area contributed by atoms with Gasteiger partial charge in [-0.2, -0.15) is 9.97 Å². The number of imidazole rings is 1. The average Bonchev–Trinajstić information content (AvgIpc) is 4.13. The first-order valence-corrected chi connectivity index (χ1v) is 26.4. The highest BCUT2D eigenvalue weighted by atomic mass is 35.5. The van der Waals surface area contributed by atoms with Gasteiger partial charge in [0, 0.05) is 60.7 Å². The molecule has 0 radical (unpaired) electrons. The van der Waals surface area contributed by atoms with Crippen LogP contribution in [0.5, 0.6) is 6.01 Å². The number of rotatable bonds is 12. The predicted octanol–water partition coefficient (Wildman–Crippen LogP) is 5.60. The largest absolute Gasteiger partial charge is 0.467 e. The number of nitrogens with zero attached hydrogens (tertiary/aromatic N) is 7. The van der Waals surface area contributed by atoms with Crippen molar-refractivity contribution in [1.82, 2.24) is 49.8 Å². The average molecular weight is 1040 g/mol. The molecule has 18 nitrogen and oxygen atoms in total. The monoisotopic (exact) mass is 1040 g/mol. The van der Waals surface area contributed by atoms with E-state index in [1.165, 1.54) is 38.6 Å². The topological polar surface area (TPSA) is 216 Å². The van der Waals surface area contributed by atoms with Gasteiger partial charge in [0.1, 0.15) is 23.2 Å². The second-order valence-corrected chi connectivity index (χ2v) is 21.8. The number of benzene rings is 3. The molecule has 73 heavy (non-hydrogen) atoms. The Labute approximate surface area is 428 Å². The van der Waals surface area contributed by atoms with Gasteiger partial charge in [0.25, 0.3) is 0 Å². The van der Waals surface area contributed by atoms with Crippen LogP contribution in [-0.4, -0.2) is 135 Å². The van der Waals surface area contributed by atoms with Crippen LogP contribution in [0.2, 0.25) is 5.02 Å². The molecule has 0 bridgehead atoms. The van der Waals surface area contributed by atoms with Gasteiger partial charge in [0.2, 0.25) is 17.7 Å². The molecule has 3 unspecified atom stereocenters. The van der Waals surface area contributed by atoms with Crippen molar-refractivity contribution in [2.45, 2.75) is 99.9 Å². The molecule has 6 aliphatic rings. The first-order chi connectivity index (χ1) is 35.3. The number of imide groups is 1. The number of fused-ring (bicyclic) bond motifs is 4. The highest BCUT2D eigenvalue weighted by Gasteiger charge is 2.48. The Morgan fingerprint density at radius 1 is 1.04 bits per heavy atom. The second-order valence-electron chi connectivity index (χ2n) is 20.3. The number of likely N-dealkylation sites (tertiary alicyclic amines) is 1. The highest BCUT2D eigenvalue weighted by molar-refractivity contribution is 7.22. The summed E-state index contributed by atoms with van der Waals surface area (Å²) in [5.74, 6) is -1.17. The van der Waals surface area contributed by atoms with Crippen molar-refractivity contribution in [3.63, 3.8) is 0 Å². The first-order valence-electron chi connectivity index (χ1n) is 25.2. The van der Waals surface area contributed by atoms with E-state index in [0.29, 0.717) is 55.0 Å². The Hall–Kier alpha value is -5.84. The third kappa shape index (κ3) is 9.52. The number of anilines is 2. The van der Waals surface area contributed by atoms with Gasteiger partial charge in [-0.25, -0.2) is 18.6 Å². The maximum absolute atomic E-state index is 15.9. The minimum atomic E-state index is -0.700. The van der Waals surface area contributed by atoms with E-state index in [1.807, 2.05) is 18.2 Å². The summed E-state index contributed by atoms with van der Waals surface area (Å²) in [6.45, 7) is 6.26. The van der Waals surface area contributed by atoms with Crippen molar-refractivity contribution >= 4 is 83.8 Å². The normalized spacial score (nSPS) is 24.3. The summed E-state index contributed by atoms with van der Waals surface area (Å²) in [7, 11) is 3.15. The van der Waals surface area contributed by atoms with Crippen LogP contribution in [-0.2, 0) is 26.2 Å². The molecule has 3 aromatic carbocycles. The van der Waals surface area contributed by atoms with Crippen LogP contribution in [0, 0.1) is 11.6 Å². The summed E-state index contributed by atoms with van der Waals surface area (Å²) >= 11 is 7.58. The summed E-state index contributed by atoms with van der Waals surface area (Å²) in [5.41, 5.74) is 9.12. The van der Waals surface area contributed by atoms with Crippen LogP contribution in [0.1, 0.15) is 81.7 Å². The number of aromatic nitrogens is 5. The molecule has 6 fully saturated rings. The summed E-state index contributed by atoms with van der Waals surface area (Å²) in [5, 5.41) is 13.0. The van der Waals surface area contributed by atoms with Crippen molar-refractivity contribution in [3.05, 3.63) is 69.1 Å². The van der Waals surface area contributed by atoms with Crippen LogP contribution in [0.3, 0.4) is 0 Å². The number of amides is 3. The maximum atomic E-state index is 15.9. The molecule has 1 spiro atoms. The van der Waals surface area contributed by atoms with Gasteiger partial charge in [-0.05, 0) is 120 Å². The standard InChI is InChI=1S/C29H40N6O5.C22H19ClF2N6OS/c1-32-23-6-2-5-22(27(23)35(29(32)39)24-7-8-25(36)31-28(24)38)19-9-13-33(14-10-19)18-26(37)30-11-15-40-21-16-20-4-3-12-34(20)17-21;1-32-21-30-16-11(19(31-21)28-9-7-22(8-9)4-5-27-22)6-12(23)14(15(16)25)10-2-3-13(24)18-17(10)29-20(26)33-18/h2,5-6,19-21,24H,3-4,7-18H2,1H3,(H,30,37)(H,31,36,38);2-3,6,9,27H,4-5,7-8H2,1H3,(H2,26,29)(H,28,30,31). The molecule has 22 heteroatoms. The van der Waals surface area contributed by atoms with Crippen LogP contribution in [0.15, 0.2) is 41.2 Å². The first kappa shape index (κ1) is 49.4. The number of nitrogens with two attached hydrogens (primary N) is 1. The summed E-state index contributed by atoms with van der Waals surface area (Å²) < 4.78 is 44.9. The molecular weight excluding hydrogens is 982 g/mol. The Bertz CT molecular complexity index is 3190. The molecule has 3 atom stereocenters. The minimum absolute atomic E-state index is 0.0194. The molecule has 1 saturated carbocycles. The SMILES string of the molecule is COc1nc(NC2CC3(CCN3)C2)c2cc(Cl)c(-c3ccc(F)c4sc(N)nc34)c(F)c2n1.Cn1c(=O)n(C2CCC(=O)NC2=O)c2c(C3CCN(CC(=O)NCCOC4CC5CCCN5C4)CC3)cccc21. The molecule has 6 N–H and O–H groups in total. The van der Waals surface area contributed by atoms with Crippen LogP contribution >= 0.6 is 22.9 Å². The molecule has 3 amide bonds. The fourth-order valence-corrected chi connectivity index (χ4v) is 13.1. The number of carbonyl (C=O) groups excluding carboxylic acids is 3. The minimum Gasteiger partial charge on any atom is -0.467 e. The fraction of sp³-hybridized carbons (Fsp3) is 0.510. The van der Waals surface area contributed by atoms with Crippen LogP contribution in [0.4, 0.5) is 19.7 Å². The molecule has 8 heterocycles. The quantitative estimate of drug-likeness (QED) is 0.0746. The van der Waals surface area contributed by atoms with Crippen molar-refractivity contribution in [1.29, 1.82) is 0 Å².